The highest BCUT2D eigenvalue weighted by Gasteiger charge is 2.64. The summed E-state index contributed by atoms with van der Waals surface area (Å²) in [7, 11) is 1.37. The van der Waals surface area contributed by atoms with Crippen molar-refractivity contribution in [2.75, 3.05) is 13.7 Å². The molecular formula is C13H18N2O7. The molecule has 0 aromatic carbocycles. The van der Waals surface area contributed by atoms with Crippen LogP contribution < -0.4 is 11.2 Å². The van der Waals surface area contributed by atoms with Gasteiger partial charge in [0.15, 0.2) is 12.0 Å². The fourth-order valence-electron chi connectivity index (χ4n) is 2.88. The van der Waals surface area contributed by atoms with Gasteiger partial charge in [-0.3, -0.25) is 14.3 Å². The van der Waals surface area contributed by atoms with Crippen LogP contribution in [-0.2, 0) is 18.9 Å². The number of nitrogens with one attached hydrogen (secondary N) is 1. The maximum Gasteiger partial charge on any atom is 0.330 e. The molecule has 2 N–H and O–H groups in total. The molecule has 9 nitrogen and oxygen atoms in total. The van der Waals surface area contributed by atoms with Gasteiger partial charge in [-0.05, 0) is 13.8 Å². The van der Waals surface area contributed by atoms with Gasteiger partial charge in [0.25, 0.3) is 5.56 Å². The van der Waals surface area contributed by atoms with Crippen molar-refractivity contribution in [2.24, 2.45) is 0 Å². The summed E-state index contributed by atoms with van der Waals surface area (Å²) in [5, 5.41) is 9.68. The monoisotopic (exact) mass is 314 g/mol. The lowest BCUT2D eigenvalue weighted by Crippen LogP contribution is -2.48. The highest BCUT2D eigenvalue weighted by Crippen LogP contribution is 2.47. The topological polar surface area (TPSA) is 112 Å². The number of ether oxygens (including phenoxy) is 4. The number of rotatable bonds is 3. The summed E-state index contributed by atoms with van der Waals surface area (Å²) in [4.78, 5) is 25.3. The zero-order valence-electron chi connectivity index (χ0n) is 12.4. The summed E-state index contributed by atoms with van der Waals surface area (Å²) in [6.45, 7) is 2.96. The van der Waals surface area contributed by atoms with Crippen molar-refractivity contribution in [1.82, 2.24) is 9.55 Å². The van der Waals surface area contributed by atoms with E-state index in [1.54, 1.807) is 13.8 Å². The molecule has 1 aromatic rings. The summed E-state index contributed by atoms with van der Waals surface area (Å²) in [6, 6.07) is 1.20. The van der Waals surface area contributed by atoms with Crippen LogP contribution in [-0.4, -0.2) is 52.2 Å². The third kappa shape index (κ3) is 2.22. The van der Waals surface area contributed by atoms with Gasteiger partial charge in [0.2, 0.25) is 5.79 Å². The van der Waals surface area contributed by atoms with Crippen molar-refractivity contribution in [3.8, 4) is 0 Å². The first-order valence-corrected chi connectivity index (χ1v) is 6.83. The third-order valence-electron chi connectivity index (χ3n) is 3.86. The van der Waals surface area contributed by atoms with Gasteiger partial charge in [-0.1, -0.05) is 0 Å². The summed E-state index contributed by atoms with van der Waals surface area (Å²) >= 11 is 0. The van der Waals surface area contributed by atoms with E-state index in [2.05, 4.69) is 4.98 Å². The molecule has 2 aliphatic rings. The first-order chi connectivity index (χ1) is 10.3. The number of hydrogen-bond donors (Lipinski definition) is 2. The number of H-pyrrole nitrogens is 1. The second-order valence-corrected chi connectivity index (χ2v) is 5.72. The fourth-order valence-corrected chi connectivity index (χ4v) is 2.88. The minimum Gasteiger partial charge on any atom is -0.391 e. The third-order valence-corrected chi connectivity index (χ3v) is 3.86. The largest absolute Gasteiger partial charge is 0.391 e. The lowest BCUT2D eigenvalue weighted by Gasteiger charge is -2.31. The Morgan fingerprint density at radius 3 is 2.68 bits per heavy atom. The van der Waals surface area contributed by atoms with E-state index in [4.69, 9.17) is 18.9 Å². The second-order valence-electron chi connectivity index (χ2n) is 5.72. The lowest BCUT2D eigenvalue weighted by atomic mass is 10.1. The van der Waals surface area contributed by atoms with Gasteiger partial charge < -0.3 is 24.1 Å². The van der Waals surface area contributed by atoms with Crippen LogP contribution in [0.4, 0.5) is 0 Å². The molecule has 0 radical (unpaired) electrons. The van der Waals surface area contributed by atoms with Crippen molar-refractivity contribution in [3.63, 3.8) is 0 Å². The normalized spacial score (nSPS) is 36.5. The van der Waals surface area contributed by atoms with E-state index in [1.165, 1.54) is 23.9 Å². The molecule has 9 heteroatoms. The molecule has 3 rings (SSSR count). The second kappa shape index (κ2) is 5.00. The van der Waals surface area contributed by atoms with Gasteiger partial charge in [0.05, 0.1) is 0 Å². The van der Waals surface area contributed by atoms with E-state index in [0.717, 1.165) is 0 Å². The minimum absolute atomic E-state index is 0.474. The van der Waals surface area contributed by atoms with Crippen LogP contribution in [0.5, 0.6) is 0 Å². The molecule has 0 aliphatic carbocycles. The van der Waals surface area contributed by atoms with Crippen molar-refractivity contribution >= 4 is 0 Å². The number of aromatic amines is 1. The first kappa shape index (κ1) is 15.4. The Bertz CT molecular complexity index is 675. The van der Waals surface area contributed by atoms with Crippen molar-refractivity contribution in [2.45, 2.75) is 43.9 Å². The predicted octanol–water partition coefficient (Wildman–Crippen LogP) is -1.08. The van der Waals surface area contributed by atoms with Crippen LogP contribution in [0.1, 0.15) is 20.1 Å². The molecule has 22 heavy (non-hydrogen) atoms. The molecule has 3 heterocycles. The first-order valence-electron chi connectivity index (χ1n) is 6.83. The summed E-state index contributed by atoms with van der Waals surface area (Å²) in [5.74, 6) is -2.36. The number of hydrogen-bond acceptors (Lipinski definition) is 7. The van der Waals surface area contributed by atoms with Crippen molar-refractivity contribution < 1.29 is 24.1 Å². The number of aromatic nitrogens is 2. The highest BCUT2D eigenvalue weighted by atomic mass is 16.8. The van der Waals surface area contributed by atoms with Crippen LogP contribution in [0.3, 0.4) is 0 Å². The summed E-state index contributed by atoms with van der Waals surface area (Å²) < 4.78 is 23.8. The molecular weight excluding hydrogens is 296 g/mol. The molecule has 2 saturated heterocycles. The average molecular weight is 314 g/mol. The van der Waals surface area contributed by atoms with Crippen LogP contribution in [0, 0.1) is 0 Å². The number of aliphatic hydroxyl groups is 1. The molecule has 1 aromatic heterocycles. The van der Waals surface area contributed by atoms with Crippen LogP contribution in [0.25, 0.3) is 0 Å². The van der Waals surface area contributed by atoms with Crippen molar-refractivity contribution in [1.29, 1.82) is 0 Å². The molecule has 122 valence electrons. The van der Waals surface area contributed by atoms with E-state index in [-0.39, 0.29) is 0 Å². The van der Waals surface area contributed by atoms with Gasteiger partial charge in [0, 0.05) is 19.4 Å². The predicted molar refractivity (Wildman–Crippen MR) is 72.1 cm³/mol. The summed E-state index contributed by atoms with van der Waals surface area (Å²) in [5.41, 5.74) is -1.16. The van der Waals surface area contributed by atoms with Gasteiger partial charge in [-0.15, -0.1) is 0 Å². The SMILES string of the molecule is CO[C@]1(CO)O[C@@H](n2ccc(=O)[nH]c2=O)[C@@H]2OC(C)(C)O[C@@H]21. The summed E-state index contributed by atoms with van der Waals surface area (Å²) in [6.07, 6.45) is -0.990. The molecule has 0 bridgehead atoms. The molecule has 4 atom stereocenters. The Hall–Kier alpha value is -1.52. The average Bonchev–Trinajstić information content (AvgIpc) is 2.91. The number of fused-ring (bicyclic) bond motifs is 1. The number of aliphatic hydroxyl groups excluding tert-OH is 1. The molecule has 2 aliphatic heterocycles. The van der Waals surface area contributed by atoms with Gasteiger partial charge in [-0.2, -0.15) is 0 Å². The lowest BCUT2D eigenvalue weighted by molar-refractivity contribution is -0.304. The molecule has 0 saturated carbocycles. The maximum absolute atomic E-state index is 12.0. The molecule has 0 unspecified atom stereocenters. The Balaban J connectivity index is 2.05. The molecule has 0 spiro atoms. The van der Waals surface area contributed by atoms with Crippen LogP contribution in [0.2, 0.25) is 0 Å². The Morgan fingerprint density at radius 2 is 2.09 bits per heavy atom. The molecule has 2 fully saturated rings. The van der Waals surface area contributed by atoms with E-state index >= 15 is 0 Å². The van der Waals surface area contributed by atoms with Crippen molar-refractivity contribution in [3.05, 3.63) is 33.1 Å². The zero-order valence-corrected chi connectivity index (χ0v) is 12.4. The van der Waals surface area contributed by atoms with Gasteiger partial charge >= 0.3 is 5.69 Å². The number of nitrogens with zero attached hydrogens (tertiary/aromatic N) is 1. The van der Waals surface area contributed by atoms with E-state index in [9.17, 15) is 14.7 Å². The van der Waals surface area contributed by atoms with Crippen LogP contribution >= 0.6 is 0 Å². The van der Waals surface area contributed by atoms with E-state index < -0.39 is 47.9 Å². The van der Waals surface area contributed by atoms with Gasteiger partial charge in [0.1, 0.15) is 18.8 Å². The zero-order chi connectivity index (χ0) is 16.1. The highest BCUT2D eigenvalue weighted by molar-refractivity contribution is 5.02. The minimum atomic E-state index is -1.45. The maximum atomic E-state index is 12.0. The molecule has 0 amide bonds. The quantitative estimate of drug-likeness (QED) is 0.730. The Labute approximate surface area is 125 Å². The fraction of sp³-hybridized carbons (Fsp3) is 0.692. The Kier molecular flexibility index (Phi) is 3.49. The van der Waals surface area contributed by atoms with E-state index in [0.29, 0.717) is 0 Å². The van der Waals surface area contributed by atoms with E-state index in [1.807, 2.05) is 0 Å². The number of methoxy groups -OCH3 is 1. The smallest absolute Gasteiger partial charge is 0.330 e. The van der Waals surface area contributed by atoms with Gasteiger partial charge in [-0.25, -0.2) is 4.79 Å². The Morgan fingerprint density at radius 1 is 1.36 bits per heavy atom. The standard InChI is InChI=1S/C13H18N2O7/c1-12(2)20-8-9(21-12)13(6-16,19-3)22-10(8)15-5-4-7(17)14-11(15)18/h4-5,8-10,16H,6H2,1-3H3,(H,14,17,18)/t8-,9+,10-,13-/m1/s1. The van der Waals surface area contributed by atoms with Crippen LogP contribution in [0.15, 0.2) is 21.9 Å².